The van der Waals surface area contributed by atoms with E-state index in [-0.39, 0.29) is 18.3 Å². The standard InChI is InChI=1S/C32H30BNO2/c1-31(2)32(3,4)36-33(35-31)25-19-21-26(22-20-25)34(29-17-9-13-23-11-5-7-15-27(23)29)30-18-10-14-24-12-6-8-16-28(24)30/h5-22H,1-4H3. The normalized spacial score (nSPS) is 16.5. The zero-order valence-electron chi connectivity index (χ0n) is 21.2. The Bertz CT molecular complexity index is 1450. The van der Waals surface area contributed by atoms with Gasteiger partial charge in [-0.3, -0.25) is 0 Å². The number of hydrogen-bond donors (Lipinski definition) is 0. The van der Waals surface area contributed by atoms with Gasteiger partial charge in [0.1, 0.15) is 0 Å². The average molecular weight is 471 g/mol. The van der Waals surface area contributed by atoms with Crippen LogP contribution in [0.25, 0.3) is 21.5 Å². The Labute approximate surface area is 213 Å². The van der Waals surface area contributed by atoms with Crippen LogP contribution in [0.5, 0.6) is 0 Å². The van der Waals surface area contributed by atoms with Crippen LogP contribution in [0.15, 0.2) is 109 Å². The second kappa shape index (κ2) is 8.51. The van der Waals surface area contributed by atoms with Crippen LogP contribution in [0.3, 0.4) is 0 Å². The summed E-state index contributed by atoms with van der Waals surface area (Å²) in [5, 5.41) is 4.86. The van der Waals surface area contributed by atoms with Crippen molar-refractivity contribution in [3.63, 3.8) is 0 Å². The molecule has 1 heterocycles. The Hall–Kier alpha value is -3.60. The second-order valence-corrected chi connectivity index (χ2v) is 10.5. The lowest BCUT2D eigenvalue weighted by Crippen LogP contribution is -2.41. The maximum Gasteiger partial charge on any atom is 0.494 e. The van der Waals surface area contributed by atoms with Crippen molar-refractivity contribution in [2.75, 3.05) is 4.90 Å². The molecule has 1 aliphatic heterocycles. The lowest BCUT2D eigenvalue weighted by molar-refractivity contribution is 0.00578. The van der Waals surface area contributed by atoms with Crippen LogP contribution < -0.4 is 10.4 Å². The molecule has 1 fully saturated rings. The summed E-state index contributed by atoms with van der Waals surface area (Å²) in [7, 11) is -0.382. The van der Waals surface area contributed by atoms with Gasteiger partial charge in [0.25, 0.3) is 0 Å². The first-order valence-corrected chi connectivity index (χ1v) is 12.6. The van der Waals surface area contributed by atoms with Crippen LogP contribution in [0.2, 0.25) is 0 Å². The summed E-state index contributed by atoms with van der Waals surface area (Å²) in [4.78, 5) is 2.36. The molecule has 0 N–H and O–H groups in total. The van der Waals surface area contributed by atoms with Gasteiger partial charge in [-0.25, -0.2) is 0 Å². The molecule has 0 atom stereocenters. The largest absolute Gasteiger partial charge is 0.494 e. The minimum atomic E-state index is -0.382. The number of rotatable bonds is 4. The first kappa shape index (κ1) is 22.8. The number of hydrogen-bond acceptors (Lipinski definition) is 3. The third kappa shape index (κ3) is 3.78. The molecule has 5 aromatic carbocycles. The van der Waals surface area contributed by atoms with Gasteiger partial charge < -0.3 is 14.2 Å². The maximum absolute atomic E-state index is 6.30. The summed E-state index contributed by atoms with van der Waals surface area (Å²) in [5.74, 6) is 0. The first-order valence-electron chi connectivity index (χ1n) is 12.6. The van der Waals surface area contributed by atoms with E-state index in [0.717, 1.165) is 22.5 Å². The predicted molar refractivity (Wildman–Crippen MR) is 152 cm³/mol. The van der Waals surface area contributed by atoms with Crippen LogP contribution in [0, 0.1) is 0 Å². The fourth-order valence-electron chi connectivity index (χ4n) is 4.97. The lowest BCUT2D eigenvalue weighted by atomic mass is 9.79. The molecular weight excluding hydrogens is 441 g/mol. The number of anilines is 3. The molecule has 0 aromatic heterocycles. The second-order valence-electron chi connectivity index (χ2n) is 10.5. The van der Waals surface area contributed by atoms with Gasteiger partial charge in [-0.05, 0) is 68.2 Å². The fourth-order valence-corrected chi connectivity index (χ4v) is 4.97. The molecule has 0 radical (unpaired) electrons. The lowest BCUT2D eigenvalue weighted by Gasteiger charge is -2.32. The van der Waals surface area contributed by atoms with Crippen LogP contribution in [-0.4, -0.2) is 18.3 Å². The molecule has 3 nitrogen and oxygen atoms in total. The molecule has 5 aromatic rings. The summed E-state index contributed by atoms with van der Waals surface area (Å²) >= 11 is 0. The van der Waals surface area contributed by atoms with E-state index < -0.39 is 0 Å². The van der Waals surface area contributed by atoms with E-state index in [9.17, 15) is 0 Å². The number of nitrogens with zero attached hydrogens (tertiary/aromatic N) is 1. The van der Waals surface area contributed by atoms with Gasteiger partial charge in [0, 0.05) is 16.5 Å². The fraction of sp³-hybridized carbons (Fsp3) is 0.188. The van der Waals surface area contributed by atoms with Gasteiger partial charge in [-0.1, -0.05) is 84.9 Å². The monoisotopic (exact) mass is 471 g/mol. The summed E-state index contributed by atoms with van der Waals surface area (Å²) in [6, 6.07) is 38.7. The van der Waals surface area contributed by atoms with Crippen molar-refractivity contribution in [2.45, 2.75) is 38.9 Å². The molecular formula is C32H30BNO2. The molecule has 6 rings (SSSR count). The third-order valence-electron chi connectivity index (χ3n) is 7.69. The molecule has 4 heteroatoms. The molecule has 0 spiro atoms. The quantitative estimate of drug-likeness (QED) is 0.250. The van der Waals surface area contributed by atoms with Crippen LogP contribution >= 0.6 is 0 Å². The Kier molecular flexibility index (Phi) is 5.40. The molecule has 0 aliphatic carbocycles. The van der Waals surface area contributed by atoms with E-state index in [1.54, 1.807) is 0 Å². The Morgan fingerprint density at radius 3 is 1.47 bits per heavy atom. The van der Waals surface area contributed by atoms with Crippen molar-refractivity contribution in [1.82, 2.24) is 0 Å². The van der Waals surface area contributed by atoms with Gasteiger partial charge in [-0.15, -0.1) is 0 Å². The SMILES string of the molecule is CC1(C)OB(c2ccc(N(c3cccc4ccccc34)c3cccc4ccccc34)cc2)OC1(C)C. The van der Waals surface area contributed by atoms with Gasteiger partial charge >= 0.3 is 7.12 Å². The van der Waals surface area contributed by atoms with Crippen LogP contribution in [-0.2, 0) is 9.31 Å². The van der Waals surface area contributed by atoms with E-state index in [1.165, 1.54) is 21.5 Å². The van der Waals surface area contributed by atoms with E-state index in [0.29, 0.717) is 0 Å². The van der Waals surface area contributed by atoms with Gasteiger partial charge in [0.15, 0.2) is 0 Å². The molecule has 1 saturated heterocycles. The Morgan fingerprint density at radius 1 is 0.528 bits per heavy atom. The molecule has 0 unspecified atom stereocenters. The van der Waals surface area contributed by atoms with E-state index in [2.05, 4.69) is 142 Å². The molecule has 36 heavy (non-hydrogen) atoms. The third-order valence-corrected chi connectivity index (χ3v) is 7.69. The van der Waals surface area contributed by atoms with Gasteiger partial charge in [0.2, 0.25) is 0 Å². The van der Waals surface area contributed by atoms with Crippen molar-refractivity contribution in [3.8, 4) is 0 Å². The van der Waals surface area contributed by atoms with Crippen molar-refractivity contribution in [1.29, 1.82) is 0 Å². The number of fused-ring (bicyclic) bond motifs is 2. The van der Waals surface area contributed by atoms with Crippen molar-refractivity contribution >= 4 is 51.2 Å². The minimum absolute atomic E-state index is 0.367. The minimum Gasteiger partial charge on any atom is -0.399 e. The molecule has 0 saturated carbocycles. The highest BCUT2D eigenvalue weighted by Gasteiger charge is 2.51. The Balaban J connectivity index is 1.50. The predicted octanol–water partition coefficient (Wildman–Crippen LogP) is 7.76. The highest BCUT2D eigenvalue weighted by molar-refractivity contribution is 6.62. The maximum atomic E-state index is 6.30. The summed E-state index contributed by atoms with van der Waals surface area (Å²) < 4.78 is 12.6. The molecule has 178 valence electrons. The van der Waals surface area contributed by atoms with Gasteiger partial charge in [0.05, 0.1) is 22.6 Å². The highest BCUT2D eigenvalue weighted by Crippen LogP contribution is 2.42. The molecule has 0 bridgehead atoms. The van der Waals surface area contributed by atoms with Crippen LogP contribution in [0.4, 0.5) is 17.1 Å². The van der Waals surface area contributed by atoms with Crippen molar-refractivity contribution in [3.05, 3.63) is 109 Å². The highest BCUT2D eigenvalue weighted by atomic mass is 16.7. The average Bonchev–Trinajstić information content (AvgIpc) is 3.11. The van der Waals surface area contributed by atoms with Crippen LogP contribution in [0.1, 0.15) is 27.7 Å². The zero-order chi connectivity index (χ0) is 24.9. The van der Waals surface area contributed by atoms with Crippen molar-refractivity contribution in [2.24, 2.45) is 0 Å². The van der Waals surface area contributed by atoms with E-state index >= 15 is 0 Å². The summed E-state index contributed by atoms with van der Waals surface area (Å²) in [5.41, 5.74) is 3.67. The Morgan fingerprint density at radius 2 is 0.972 bits per heavy atom. The smallest absolute Gasteiger partial charge is 0.399 e. The molecule has 1 aliphatic rings. The van der Waals surface area contributed by atoms with Crippen molar-refractivity contribution < 1.29 is 9.31 Å². The van der Waals surface area contributed by atoms with Gasteiger partial charge in [-0.2, -0.15) is 0 Å². The van der Waals surface area contributed by atoms with E-state index in [1.807, 2.05) is 0 Å². The summed E-state index contributed by atoms with van der Waals surface area (Å²) in [6.07, 6.45) is 0. The first-order chi connectivity index (χ1) is 17.3. The number of benzene rings is 5. The molecule has 0 amide bonds. The summed E-state index contributed by atoms with van der Waals surface area (Å²) in [6.45, 7) is 8.35. The topological polar surface area (TPSA) is 21.7 Å². The zero-order valence-corrected chi connectivity index (χ0v) is 21.2. The van der Waals surface area contributed by atoms with E-state index in [4.69, 9.17) is 9.31 Å².